The molecule has 2 aliphatic rings. The van der Waals surface area contributed by atoms with Crippen LogP contribution in [0.25, 0.3) is 10.8 Å². The lowest BCUT2D eigenvalue weighted by Crippen LogP contribution is -2.22. The Morgan fingerprint density at radius 2 is 0.889 bits per heavy atom. The van der Waals surface area contributed by atoms with E-state index in [-0.39, 0.29) is 0 Å². The molecule has 2 aromatic heterocycles. The summed E-state index contributed by atoms with van der Waals surface area (Å²) in [4.78, 5) is 0. The van der Waals surface area contributed by atoms with Gasteiger partial charge in [0.1, 0.15) is 0 Å². The van der Waals surface area contributed by atoms with Gasteiger partial charge in [0.15, 0.2) is 0 Å². The topological polar surface area (TPSA) is 51.6 Å². The SMILES string of the molecule is CC1Cc2nnc3c4c(nnc(c24)C1)CC(C)C3. The molecular weight excluding hydrogens is 224 g/mol. The minimum Gasteiger partial charge on any atom is -0.155 e. The highest BCUT2D eigenvalue weighted by molar-refractivity contribution is 5.91. The largest absolute Gasteiger partial charge is 0.155 e. The number of nitrogens with zero attached hydrogens (tertiary/aromatic N) is 4. The maximum atomic E-state index is 4.45. The van der Waals surface area contributed by atoms with Crippen LogP contribution in [0.4, 0.5) is 0 Å². The smallest absolute Gasteiger partial charge is 0.0732 e. The van der Waals surface area contributed by atoms with Crippen molar-refractivity contribution in [3.63, 3.8) is 0 Å². The van der Waals surface area contributed by atoms with E-state index < -0.39 is 0 Å². The first-order valence-electron chi connectivity index (χ1n) is 6.75. The van der Waals surface area contributed by atoms with Crippen LogP contribution in [0.2, 0.25) is 0 Å². The minimum atomic E-state index is 0.600. The average Bonchev–Trinajstić information content (AvgIpc) is 2.34. The lowest BCUT2D eigenvalue weighted by Gasteiger charge is -2.25. The molecule has 0 saturated heterocycles. The molecule has 0 atom stereocenters. The Hall–Kier alpha value is -1.58. The van der Waals surface area contributed by atoms with E-state index in [2.05, 4.69) is 34.2 Å². The lowest BCUT2D eigenvalue weighted by atomic mass is 9.84. The summed E-state index contributed by atoms with van der Waals surface area (Å²) in [6.45, 7) is 4.49. The van der Waals surface area contributed by atoms with Crippen LogP contribution in [0.3, 0.4) is 0 Å². The Morgan fingerprint density at radius 3 is 1.17 bits per heavy atom. The minimum absolute atomic E-state index is 0.600. The summed E-state index contributed by atoms with van der Waals surface area (Å²) in [6, 6.07) is 0. The van der Waals surface area contributed by atoms with Crippen molar-refractivity contribution in [3.05, 3.63) is 22.8 Å². The normalized spacial score (nSPS) is 19.4. The van der Waals surface area contributed by atoms with Gasteiger partial charge < -0.3 is 0 Å². The van der Waals surface area contributed by atoms with Crippen molar-refractivity contribution >= 4 is 10.8 Å². The number of hydrogen-bond donors (Lipinski definition) is 0. The third-order valence-corrected chi connectivity index (χ3v) is 4.15. The maximum absolute atomic E-state index is 4.45. The molecule has 4 rings (SSSR count). The van der Waals surface area contributed by atoms with Crippen molar-refractivity contribution in [1.82, 2.24) is 20.4 Å². The van der Waals surface area contributed by atoms with E-state index in [1.54, 1.807) is 0 Å². The van der Waals surface area contributed by atoms with Crippen molar-refractivity contribution in [2.24, 2.45) is 11.8 Å². The van der Waals surface area contributed by atoms with E-state index in [1.807, 2.05) is 0 Å². The van der Waals surface area contributed by atoms with Gasteiger partial charge in [-0.2, -0.15) is 20.4 Å². The van der Waals surface area contributed by atoms with E-state index in [4.69, 9.17) is 0 Å². The van der Waals surface area contributed by atoms with Gasteiger partial charge in [-0.15, -0.1) is 0 Å². The third-order valence-electron chi connectivity index (χ3n) is 4.15. The average molecular weight is 240 g/mol. The second-order valence-electron chi connectivity index (χ2n) is 5.96. The molecule has 0 aromatic carbocycles. The van der Waals surface area contributed by atoms with E-state index in [0.717, 1.165) is 48.5 Å². The van der Waals surface area contributed by atoms with E-state index in [9.17, 15) is 0 Å². The standard InChI is InChI=1S/C14H16N4/c1-7-3-9-13-10(4-7)16-18-12-6-8(2)5-11(14(12)13)17-15-9/h7-8H,3-6H2,1-2H3. The zero-order valence-corrected chi connectivity index (χ0v) is 10.8. The lowest BCUT2D eigenvalue weighted by molar-refractivity contribution is 0.516. The molecule has 0 aliphatic heterocycles. The summed E-state index contributed by atoms with van der Waals surface area (Å²) in [5.74, 6) is 1.20. The monoisotopic (exact) mass is 240 g/mol. The first-order chi connectivity index (χ1) is 8.72. The number of rotatable bonds is 0. The molecule has 0 amide bonds. The van der Waals surface area contributed by atoms with Crippen molar-refractivity contribution in [3.8, 4) is 0 Å². The molecule has 0 fully saturated rings. The van der Waals surface area contributed by atoms with Crippen LogP contribution >= 0.6 is 0 Å². The highest BCUT2D eigenvalue weighted by Crippen LogP contribution is 2.35. The quantitative estimate of drug-likeness (QED) is 0.705. The van der Waals surface area contributed by atoms with Gasteiger partial charge in [-0.05, 0) is 37.5 Å². The first-order valence-corrected chi connectivity index (χ1v) is 6.75. The highest BCUT2D eigenvalue weighted by atomic mass is 15.1. The summed E-state index contributed by atoms with van der Waals surface area (Å²) < 4.78 is 0. The highest BCUT2D eigenvalue weighted by Gasteiger charge is 2.28. The second-order valence-corrected chi connectivity index (χ2v) is 5.96. The van der Waals surface area contributed by atoms with Crippen LogP contribution in [0.1, 0.15) is 36.6 Å². The summed E-state index contributed by atoms with van der Waals surface area (Å²) in [5.41, 5.74) is 4.53. The number of hydrogen-bond acceptors (Lipinski definition) is 4. The molecule has 2 aromatic rings. The van der Waals surface area contributed by atoms with Gasteiger partial charge in [-0.1, -0.05) is 13.8 Å². The molecule has 2 aliphatic carbocycles. The summed E-state index contributed by atoms with van der Waals surface area (Å²) in [5, 5.41) is 20.3. The fourth-order valence-electron chi connectivity index (χ4n) is 3.39. The summed E-state index contributed by atoms with van der Waals surface area (Å²) in [6.07, 6.45) is 4.10. The van der Waals surface area contributed by atoms with E-state index in [1.165, 1.54) is 10.8 Å². The van der Waals surface area contributed by atoms with Gasteiger partial charge in [0.25, 0.3) is 0 Å². The summed E-state index contributed by atoms with van der Waals surface area (Å²) >= 11 is 0. The fraction of sp³-hybridized carbons (Fsp3) is 0.571. The molecule has 92 valence electrons. The van der Waals surface area contributed by atoms with Crippen molar-refractivity contribution in [1.29, 1.82) is 0 Å². The molecule has 0 spiro atoms. The first kappa shape index (κ1) is 10.4. The third kappa shape index (κ3) is 1.32. The van der Waals surface area contributed by atoms with Gasteiger partial charge in [-0.25, -0.2) is 0 Å². The molecule has 0 radical (unpaired) electrons. The Morgan fingerprint density at radius 1 is 0.611 bits per heavy atom. The Balaban J connectivity index is 2.09. The van der Waals surface area contributed by atoms with Crippen LogP contribution < -0.4 is 0 Å². The predicted octanol–water partition coefficient (Wildman–Crippen LogP) is 1.89. The van der Waals surface area contributed by atoms with Crippen molar-refractivity contribution in [2.75, 3.05) is 0 Å². The molecule has 0 N–H and O–H groups in total. The fourth-order valence-corrected chi connectivity index (χ4v) is 3.39. The number of aromatic nitrogens is 4. The summed E-state index contributed by atoms with van der Waals surface area (Å²) in [7, 11) is 0. The zero-order valence-electron chi connectivity index (χ0n) is 10.8. The van der Waals surface area contributed by atoms with E-state index in [0.29, 0.717) is 11.8 Å². The molecule has 0 unspecified atom stereocenters. The molecular formula is C14H16N4. The molecule has 2 heterocycles. The van der Waals surface area contributed by atoms with Crippen LogP contribution in [-0.2, 0) is 25.7 Å². The zero-order chi connectivity index (χ0) is 12.3. The molecule has 18 heavy (non-hydrogen) atoms. The van der Waals surface area contributed by atoms with Gasteiger partial charge >= 0.3 is 0 Å². The van der Waals surface area contributed by atoms with Crippen molar-refractivity contribution < 1.29 is 0 Å². The molecule has 4 heteroatoms. The van der Waals surface area contributed by atoms with Crippen LogP contribution in [0.15, 0.2) is 0 Å². The van der Waals surface area contributed by atoms with Gasteiger partial charge in [0.05, 0.1) is 22.8 Å². The second kappa shape index (κ2) is 3.46. The molecule has 4 nitrogen and oxygen atoms in total. The predicted molar refractivity (Wildman–Crippen MR) is 68.3 cm³/mol. The Kier molecular flexibility index (Phi) is 1.99. The maximum Gasteiger partial charge on any atom is 0.0732 e. The van der Waals surface area contributed by atoms with Gasteiger partial charge in [-0.3, -0.25) is 0 Å². The van der Waals surface area contributed by atoms with E-state index >= 15 is 0 Å². The van der Waals surface area contributed by atoms with Gasteiger partial charge in [0.2, 0.25) is 0 Å². The van der Waals surface area contributed by atoms with Crippen LogP contribution in [0.5, 0.6) is 0 Å². The Labute approximate surface area is 106 Å². The molecule has 0 bridgehead atoms. The van der Waals surface area contributed by atoms with Gasteiger partial charge in [0, 0.05) is 10.8 Å². The van der Waals surface area contributed by atoms with Crippen LogP contribution in [0, 0.1) is 11.8 Å². The Bertz CT molecular complexity index is 543. The van der Waals surface area contributed by atoms with Crippen LogP contribution in [-0.4, -0.2) is 20.4 Å². The van der Waals surface area contributed by atoms with Crippen molar-refractivity contribution in [2.45, 2.75) is 39.5 Å². The molecule has 0 saturated carbocycles.